The van der Waals surface area contributed by atoms with E-state index in [1.54, 1.807) is 36.4 Å². The number of rotatable bonds is 5. The average Bonchev–Trinajstić information content (AvgIpc) is 2.86. The maximum Gasteiger partial charge on any atom is 0.279 e. The highest BCUT2D eigenvalue weighted by atomic mass is 19.1. The molecule has 0 spiro atoms. The molecule has 0 saturated carbocycles. The number of hydrogen-bond donors (Lipinski definition) is 2. The zero-order valence-corrected chi connectivity index (χ0v) is 20.8. The standard InChI is InChI=1S/C31H25FN4O2/c1-3-21-7-11-24(12-8-21)33-30(38)26-19-22(4-2)9-14-28(26)34-29(37)25-13-10-23(20-27(25)32)31(35-15-5-16-35)36-17-6-18-36/h1-2,7-14,19-20H,5-6,15-18H2,(H-,33,34,37,38)/p+1. The van der Waals surface area contributed by atoms with Gasteiger partial charge in [-0.2, -0.15) is 0 Å². The highest BCUT2D eigenvalue weighted by Crippen LogP contribution is 2.23. The third-order valence-corrected chi connectivity index (χ3v) is 6.77. The summed E-state index contributed by atoms with van der Waals surface area (Å²) in [6.45, 7) is 3.79. The molecule has 5 rings (SSSR count). The summed E-state index contributed by atoms with van der Waals surface area (Å²) in [5, 5.41) is 5.46. The highest BCUT2D eigenvalue weighted by molar-refractivity contribution is 6.13. The SMILES string of the molecule is C#Cc1ccc(NC(=O)c2cc(C#C)ccc2NC(=O)c2ccc(C(N3CCC3)=[N+]3CCC3)cc2F)cc1. The van der Waals surface area contributed by atoms with Crippen LogP contribution < -0.4 is 10.6 Å². The summed E-state index contributed by atoms with van der Waals surface area (Å²) in [6, 6.07) is 16.1. The van der Waals surface area contributed by atoms with E-state index in [4.69, 9.17) is 12.8 Å². The van der Waals surface area contributed by atoms with Crippen LogP contribution in [0.1, 0.15) is 50.2 Å². The molecule has 0 atom stereocenters. The molecule has 3 aromatic rings. The summed E-state index contributed by atoms with van der Waals surface area (Å²) in [5.74, 6) is 4.26. The second-order valence-corrected chi connectivity index (χ2v) is 9.23. The van der Waals surface area contributed by atoms with Gasteiger partial charge >= 0.3 is 0 Å². The molecule has 0 bridgehead atoms. The van der Waals surface area contributed by atoms with Gasteiger partial charge in [-0.25, -0.2) is 4.39 Å². The monoisotopic (exact) mass is 505 g/mol. The minimum Gasteiger partial charge on any atom is -0.322 e. The number of hydrogen-bond acceptors (Lipinski definition) is 2. The number of nitrogens with one attached hydrogen (secondary N) is 2. The number of carbonyl (C=O) groups excluding carboxylic acids is 2. The van der Waals surface area contributed by atoms with Gasteiger partial charge in [0.1, 0.15) is 5.82 Å². The first-order valence-electron chi connectivity index (χ1n) is 12.4. The molecule has 2 aliphatic rings. The van der Waals surface area contributed by atoms with Crippen LogP contribution in [0.5, 0.6) is 0 Å². The lowest BCUT2D eigenvalue weighted by atomic mass is 10.0. The Morgan fingerprint density at radius 2 is 1.50 bits per heavy atom. The van der Waals surface area contributed by atoms with Crippen molar-refractivity contribution in [3.8, 4) is 24.7 Å². The van der Waals surface area contributed by atoms with Crippen LogP contribution in [0.15, 0.2) is 60.7 Å². The van der Waals surface area contributed by atoms with E-state index in [0.29, 0.717) is 16.8 Å². The third kappa shape index (κ3) is 5.00. The molecule has 38 heavy (non-hydrogen) atoms. The van der Waals surface area contributed by atoms with E-state index in [9.17, 15) is 9.59 Å². The lowest BCUT2D eigenvalue weighted by Gasteiger charge is -2.31. The third-order valence-electron chi connectivity index (χ3n) is 6.77. The van der Waals surface area contributed by atoms with Crippen LogP contribution in [-0.2, 0) is 0 Å². The molecule has 2 fully saturated rings. The van der Waals surface area contributed by atoms with Gasteiger partial charge in [0.2, 0.25) is 0 Å². The van der Waals surface area contributed by atoms with Crippen molar-refractivity contribution < 1.29 is 18.6 Å². The second-order valence-electron chi connectivity index (χ2n) is 9.23. The molecule has 2 amide bonds. The van der Waals surface area contributed by atoms with Gasteiger partial charge in [-0.15, -0.1) is 12.8 Å². The van der Waals surface area contributed by atoms with Crippen LogP contribution in [-0.4, -0.2) is 53.3 Å². The second kappa shape index (κ2) is 10.6. The first-order valence-corrected chi connectivity index (χ1v) is 12.4. The van der Waals surface area contributed by atoms with Gasteiger partial charge in [-0.3, -0.25) is 19.1 Å². The first-order chi connectivity index (χ1) is 18.5. The fraction of sp³-hybridized carbons (Fsp3) is 0.194. The van der Waals surface area contributed by atoms with Crippen molar-refractivity contribution in [2.24, 2.45) is 0 Å². The zero-order chi connectivity index (χ0) is 26.6. The normalized spacial score (nSPS) is 13.9. The fourth-order valence-corrected chi connectivity index (χ4v) is 4.43. The van der Waals surface area contributed by atoms with Gasteiger partial charge < -0.3 is 10.6 Å². The summed E-state index contributed by atoms with van der Waals surface area (Å²) in [7, 11) is 0. The Morgan fingerprint density at radius 3 is 2.08 bits per heavy atom. The molecule has 6 nitrogen and oxygen atoms in total. The number of amidine groups is 1. The summed E-state index contributed by atoms with van der Waals surface area (Å²) >= 11 is 0. The molecule has 0 aliphatic carbocycles. The minimum atomic E-state index is -0.663. The Bertz CT molecular complexity index is 1530. The number of carbonyl (C=O) groups is 2. The summed E-state index contributed by atoms with van der Waals surface area (Å²) in [4.78, 5) is 28.4. The number of halogens is 1. The van der Waals surface area contributed by atoms with Gasteiger partial charge in [-0.05, 0) is 60.7 Å². The van der Waals surface area contributed by atoms with Gasteiger partial charge in [-0.1, -0.05) is 11.8 Å². The Labute approximate surface area is 221 Å². The summed E-state index contributed by atoms with van der Waals surface area (Å²) in [6.07, 6.45) is 13.1. The number of anilines is 2. The Balaban J connectivity index is 1.38. The van der Waals surface area contributed by atoms with Gasteiger partial charge in [0.25, 0.3) is 17.6 Å². The summed E-state index contributed by atoms with van der Waals surface area (Å²) in [5.41, 5.74) is 2.67. The van der Waals surface area contributed by atoms with E-state index >= 15 is 4.39 Å². The van der Waals surface area contributed by atoms with E-state index in [2.05, 4.69) is 31.9 Å². The van der Waals surface area contributed by atoms with Crippen molar-refractivity contribution in [3.05, 3.63) is 94.3 Å². The number of nitrogens with zero attached hydrogens (tertiary/aromatic N) is 2. The summed E-state index contributed by atoms with van der Waals surface area (Å²) < 4.78 is 17.5. The number of terminal acetylenes is 2. The number of likely N-dealkylation sites (tertiary alicyclic amines) is 1. The zero-order valence-electron chi connectivity index (χ0n) is 20.8. The predicted molar refractivity (Wildman–Crippen MR) is 146 cm³/mol. The van der Waals surface area contributed by atoms with Crippen LogP contribution in [0.2, 0.25) is 0 Å². The highest BCUT2D eigenvalue weighted by Gasteiger charge is 2.33. The van der Waals surface area contributed by atoms with E-state index in [1.165, 1.54) is 24.3 Å². The average molecular weight is 506 g/mol. The first kappa shape index (κ1) is 24.8. The van der Waals surface area contributed by atoms with E-state index in [1.807, 2.05) is 0 Å². The molecule has 0 radical (unpaired) electrons. The largest absolute Gasteiger partial charge is 0.322 e. The smallest absolute Gasteiger partial charge is 0.279 e. The molecule has 188 valence electrons. The van der Waals surface area contributed by atoms with Gasteiger partial charge in [0.05, 0.1) is 48.6 Å². The molecule has 0 unspecified atom stereocenters. The van der Waals surface area contributed by atoms with Crippen molar-refractivity contribution in [1.82, 2.24) is 4.90 Å². The fourth-order valence-electron chi connectivity index (χ4n) is 4.43. The Kier molecular flexibility index (Phi) is 6.93. The molecule has 2 heterocycles. The van der Waals surface area contributed by atoms with Crippen LogP contribution >= 0.6 is 0 Å². The predicted octanol–water partition coefficient (Wildman–Crippen LogP) is 4.16. The topological polar surface area (TPSA) is 64.5 Å². The van der Waals surface area contributed by atoms with Crippen LogP contribution in [0.25, 0.3) is 0 Å². The van der Waals surface area contributed by atoms with Gasteiger partial charge in [0, 0.05) is 29.7 Å². The molecule has 2 saturated heterocycles. The minimum absolute atomic E-state index is 0.113. The maximum atomic E-state index is 15.2. The number of amides is 2. The lowest BCUT2D eigenvalue weighted by Crippen LogP contribution is -2.49. The molecule has 7 heteroatoms. The van der Waals surface area contributed by atoms with Crippen LogP contribution in [0, 0.1) is 30.5 Å². The lowest BCUT2D eigenvalue weighted by molar-refractivity contribution is -0.587. The molecular weight excluding hydrogens is 479 g/mol. The van der Waals surface area contributed by atoms with E-state index in [0.717, 1.165) is 50.4 Å². The molecule has 3 aromatic carbocycles. The van der Waals surface area contributed by atoms with Crippen LogP contribution in [0.3, 0.4) is 0 Å². The van der Waals surface area contributed by atoms with E-state index in [-0.39, 0.29) is 16.8 Å². The van der Waals surface area contributed by atoms with Gasteiger partial charge in [0.15, 0.2) is 0 Å². The Morgan fingerprint density at radius 1 is 0.816 bits per heavy atom. The quantitative estimate of drug-likeness (QED) is 0.311. The van der Waals surface area contributed by atoms with Crippen molar-refractivity contribution in [3.63, 3.8) is 0 Å². The maximum absolute atomic E-state index is 15.2. The Hall–Kier alpha value is -4.88. The molecule has 2 aliphatic heterocycles. The number of benzene rings is 3. The molecule has 2 N–H and O–H groups in total. The van der Waals surface area contributed by atoms with Crippen molar-refractivity contribution >= 4 is 29.0 Å². The van der Waals surface area contributed by atoms with Crippen molar-refractivity contribution in [1.29, 1.82) is 0 Å². The molecular formula is C31H26FN4O2+. The molecule has 0 aromatic heterocycles. The van der Waals surface area contributed by atoms with Crippen molar-refractivity contribution in [2.45, 2.75) is 12.8 Å². The van der Waals surface area contributed by atoms with E-state index < -0.39 is 17.6 Å². The van der Waals surface area contributed by atoms with Crippen molar-refractivity contribution in [2.75, 3.05) is 36.8 Å². The van der Waals surface area contributed by atoms with Crippen LogP contribution in [0.4, 0.5) is 15.8 Å².